The van der Waals surface area contributed by atoms with Crippen molar-refractivity contribution >= 4 is 46.3 Å². The van der Waals surface area contributed by atoms with E-state index >= 15 is 0 Å². The number of rotatable bonds is 8. The summed E-state index contributed by atoms with van der Waals surface area (Å²) >= 11 is -0.0852. The SMILES string of the molecule is CC=Nc1c(C2CCCCC2)cccc1[S@@](=O)OC1=CC(C(=O)N2CCN(c3cccc(SC)c3)CC2)=CCC1N. The van der Waals surface area contributed by atoms with Crippen molar-refractivity contribution in [3.05, 3.63) is 71.5 Å². The van der Waals surface area contributed by atoms with E-state index in [4.69, 9.17) is 9.92 Å². The number of hydrogen-bond acceptors (Lipinski definition) is 7. The first-order chi connectivity index (χ1) is 20.0. The fourth-order valence-corrected chi connectivity index (χ4v) is 7.31. The van der Waals surface area contributed by atoms with Crippen LogP contribution in [0.25, 0.3) is 0 Å². The third-order valence-corrected chi connectivity index (χ3v) is 9.93. The summed E-state index contributed by atoms with van der Waals surface area (Å²) in [6.07, 6.45) is 13.7. The Kier molecular flexibility index (Phi) is 10.0. The third kappa shape index (κ3) is 6.96. The zero-order valence-electron chi connectivity index (χ0n) is 24.0. The highest BCUT2D eigenvalue weighted by Crippen LogP contribution is 2.40. The van der Waals surface area contributed by atoms with Crippen LogP contribution in [0.15, 0.2) is 80.7 Å². The largest absolute Gasteiger partial charge is 0.400 e. The van der Waals surface area contributed by atoms with Gasteiger partial charge in [-0.3, -0.25) is 9.79 Å². The van der Waals surface area contributed by atoms with Crippen LogP contribution in [0.2, 0.25) is 0 Å². The standard InChI is InChI=1S/C32H40N4O3S2/c1-3-34-31-27(23-9-5-4-6-10-23)13-8-14-30(31)41(38)39-29-21-24(15-16-28(29)33)32(37)36-19-17-35(18-20-36)25-11-7-12-26(22-25)40-2/h3,7-8,11-15,21-23,28H,4-6,9-10,16-20,33H2,1-2H3/t28?,41-/m0/s1. The molecular weight excluding hydrogens is 553 g/mol. The van der Waals surface area contributed by atoms with E-state index in [9.17, 15) is 9.00 Å². The topological polar surface area (TPSA) is 88.2 Å². The summed E-state index contributed by atoms with van der Waals surface area (Å²) in [6.45, 7) is 4.67. The molecule has 0 bridgehead atoms. The predicted molar refractivity (Wildman–Crippen MR) is 169 cm³/mol. The molecule has 1 saturated heterocycles. The lowest BCUT2D eigenvalue weighted by Crippen LogP contribution is -2.49. The number of anilines is 1. The molecule has 2 fully saturated rings. The number of thioether (sulfide) groups is 1. The average molecular weight is 593 g/mol. The number of piperazine rings is 1. The van der Waals surface area contributed by atoms with Gasteiger partial charge in [0.1, 0.15) is 10.7 Å². The highest BCUT2D eigenvalue weighted by molar-refractivity contribution is 7.98. The number of carbonyl (C=O) groups is 1. The van der Waals surface area contributed by atoms with Crippen LogP contribution in [0.5, 0.6) is 0 Å². The number of para-hydroxylation sites is 1. The predicted octanol–water partition coefficient (Wildman–Crippen LogP) is 6.11. The van der Waals surface area contributed by atoms with Crippen molar-refractivity contribution in [1.82, 2.24) is 4.90 Å². The highest BCUT2D eigenvalue weighted by atomic mass is 32.2. The number of amides is 1. The zero-order chi connectivity index (χ0) is 28.8. The Hall–Kier alpha value is -2.88. The van der Waals surface area contributed by atoms with Gasteiger partial charge >= 0.3 is 0 Å². The first-order valence-electron chi connectivity index (χ1n) is 14.6. The van der Waals surface area contributed by atoms with Gasteiger partial charge in [0.25, 0.3) is 5.91 Å². The monoisotopic (exact) mass is 592 g/mol. The van der Waals surface area contributed by atoms with Gasteiger partial charge in [-0.15, -0.1) is 11.8 Å². The van der Waals surface area contributed by atoms with E-state index in [-0.39, 0.29) is 5.91 Å². The maximum Gasteiger partial charge on any atom is 0.253 e. The Morgan fingerprint density at radius 3 is 2.59 bits per heavy atom. The Bertz CT molecular complexity index is 1360. The maximum atomic E-state index is 13.6. The van der Waals surface area contributed by atoms with Crippen LogP contribution in [0.4, 0.5) is 11.4 Å². The molecule has 1 unspecified atom stereocenters. The Morgan fingerprint density at radius 2 is 1.85 bits per heavy atom. The summed E-state index contributed by atoms with van der Waals surface area (Å²) in [5.74, 6) is 0.741. The first kappa shape index (κ1) is 29.6. The number of hydrogen-bond donors (Lipinski definition) is 1. The Labute approximate surface area is 250 Å². The fourth-order valence-electron chi connectivity index (χ4n) is 5.90. The van der Waals surface area contributed by atoms with E-state index in [2.05, 4.69) is 46.5 Å². The van der Waals surface area contributed by atoms with Gasteiger partial charge in [0, 0.05) is 48.5 Å². The minimum Gasteiger partial charge on any atom is -0.400 e. The first-order valence-corrected chi connectivity index (χ1v) is 16.9. The zero-order valence-corrected chi connectivity index (χ0v) is 25.6. The molecule has 2 atom stereocenters. The van der Waals surface area contributed by atoms with Crippen molar-refractivity contribution in [1.29, 1.82) is 0 Å². The average Bonchev–Trinajstić information content (AvgIpc) is 3.02. The van der Waals surface area contributed by atoms with E-state index in [1.54, 1.807) is 24.1 Å². The second-order valence-corrected chi connectivity index (χ2v) is 12.7. The van der Waals surface area contributed by atoms with E-state index in [0.717, 1.165) is 37.2 Å². The van der Waals surface area contributed by atoms with Crippen molar-refractivity contribution in [2.45, 2.75) is 67.2 Å². The molecule has 0 radical (unpaired) electrons. The van der Waals surface area contributed by atoms with Crippen molar-refractivity contribution in [3.8, 4) is 0 Å². The lowest BCUT2D eigenvalue weighted by molar-refractivity contribution is -0.127. The molecule has 0 aromatic heterocycles. The highest BCUT2D eigenvalue weighted by Gasteiger charge is 2.28. The van der Waals surface area contributed by atoms with Crippen LogP contribution in [-0.2, 0) is 20.1 Å². The normalized spacial score (nSPS) is 21.0. The minimum absolute atomic E-state index is 0.0446. The molecule has 2 aromatic rings. The molecule has 2 aromatic carbocycles. The van der Waals surface area contributed by atoms with Gasteiger partial charge in [-0.05, 0) is 74.3 Å². The van der Waals surface area contributed by atoms with E-state index in [1.807, 2.05) is 30.0 Å². The molecule has 0 spiro atoms. The molecule has 1 saturated carbocycles. The summed E-state index contributed by atoms with van der Waals surface area (Å²) in [5, 5.41) is 0. The van der Waals surface area contributed by atoms with Crippen molar-refractivity contribution in [2.75, 3.05) is 37.3 Å². The number of carbonyl (C=O) groups excluding carboxylic acids is 1. The molecule has 3 aliphatic rings. The van der Waals surface area contributed by atoms with Crippen LogP contribution >= 0.6 is 11.8 Å². The quantitative estimate of drug-likeness (QED) is 0.294. The van der Waals surface area contributed by atoms with Gasteiger partial charge in [-0.25, -0.2) is 4.21 Å². The number of nitrogens with two attached hydrogens (primary N) is 1. The Balaban J connectivity index is 1.27. The molecular formula is C32H40N4O3S2. The maximum absolute atomic E-state index is 13.6. The number of nitrogens with zero attached hydrogens (tertiary/aromatic N) is 3. The van der Waals surface area contributed by atoms with Crippen molar-refractivity contribution in [3.63, 3.8) is 0 Å². The van der Waals surface area contributed by atoms with Crippen LogP contribution in [0.1, 0.15) is 56.9 Å². The minimum atomic E-state index is -1.81. The van der Waals surface area contributed by atoms with Gasteiger partial charge in [0.2, 0.25) is 11.1 Å². The summed E-state index contributed by atoms with van der Waals surface area (Å²) in [5.41, 5.74) is 9.95. The number of aliphatic imine (C=N–C) groups is 1. The third-order valence-electron chi connectivity index (χ3n) is 8.17. The van der Waals surface area contributed by atoms with Crippen LogP contribution in [-0.4, -0.2) is 59.7 Å². The molecule has 9 heteroatoms. The van der Waals surface area contributed by atoms with E-state index in [0.29, 0.717) is 41.7 Å². The van der Waals surface area contributed by atoms with Gasteiger partial charge in [-0.2, -0.15) is 0 Å². The lowest BCUT2D eigenvalue weighted by Gasteiger charge is -2.36. The summed E-state index contributed by atoms with van der Waals surface area (Å²) in [6, 6.07) is 13.9. The van der Waals surface area contributed by atoms with Gasteiger partial charge in [0.05, 0.1) is 11.7 Å². The summed E-state index contributed by atoms with van der Waals surface area (Å²) in [4.78, 5) is 24.1. The Morgan fingerprint density at radius 1 is 1.10 bits per heavy atom. The molecule has 1 amide bonds. The van der Waals surface area contributed by atoms with E-state index in [1.165, 1.54) is 29.8 Å². The molecule has 2 N–H and O–H groups in total. The van der Waals surface area contributed by atoms with Gasteiger partial charge in [-0.1, -0.05) is 43.5 Å². The molecule has 218 valence electrons. The lowest BCUT2D eigenvalue weighted by atomic mass is 9.83. The summed E-state index contributed by atoms with van der Waals surface area (Å²) < 4.78 is 19.6. The van der Waals surface area contributed by atoms with Crippen molar-refractivity contribution in [2.24, 2.45) is 10.7 Å². The smallest absolute Gasteiger partial charge is 0.253 e. The van der Waals surface area contributed by atoms with Gasteiger partial charge in [0.15, 0.2) is 0 Å². The molecule has 5 rings (SSSR count). The van der Waals surface area contributed by atoms with Crippen molar-refractivity contribution < 1.29 is 13.2 Å². The van der Waals surface area contributed by atoms with Crippen LogP contribution in [0, 0.1) is 0 Å². The molecule has 41 heavy (non-hydrogen) atoms. The van der Waals surface area contributed by atoms with Gasteiger partial charge < -0.3 is 19.7 Å². The molecule has 7 nitrogen and oxygen atoms in total. The summed E-state index contributed by atoms with van der Waals surface area (Å²) in [7, 11) is 0. The number of benzene rings is 2. The van der Waals surface area contributed by atoms with Crippen LogP contribution < -0.4 is 10.6 Å². The van der Waals surface area contributed by atoms with E-state index < -0.39 is 17.1 Å². The second-order valence-electron chi connectivity index (χ2n) is 10.8. The van der Waals surface area contributed by atoms with Crippen LogP contribution in [0.3, 0.4) is 0 Å². The molecule has 2 aliphatic carbocycles. The second kappa shape index (κ2) is 13.9. The molecule has 1 heterocycles. The fraction of sp³-hybridized carbons (Fsp3) is 0.438. The molecule has 1 aliphatic heterocycles.